The molecule has 0 spiro atoms. The topological polar surface area (TPSA) is 81.7 Å². The van der Waals surface area contributed by atoms with Gasteiger partial charge in [-0.3, -0.25) is 14.5 Å². The molecule has 4 heterocycles. The smallest absolute Gasteiger partial charge is 0.228 e. The van der Waals surface area contributed by atoms with Crippen molar-refractivity contribution in [2.75, 3.05) is 55.6 Å². The molecule has 0 atom stereocenters. The van der Waals surface area contributed by atoms with Crippen molar-refractivity contribution in [2.24, 2.45) is 5.92 Å². The van der Waals surface area contributed by atoms with Gasteiger partial charge in [-0.1, -0.05) is 24.2 Å². The maximum absolute atomic E-state index is 12.6. The monoisotopic (exact) mass is 448 g/mol. The highest BCUT2D eigenvalue weighted by Crippen LogP contribution is 2.31. The maximum Gasteiger partial charge on any atom is 0.228 e. The third-order valence-electron chi connectivity index (χ3n) is 6.74. The van der Waals surface area contributed by atoms with E-state index in [0.717, 1.165) is 70.0 Å². The molecule has 8 nitrogen and oxygen atoms in total. The first-order valence-electron chi connectivity index (χ1n) is 12.1. The first kappa shape index (κ1) is 22.5. The second kappa shape index (κ2) is 11.2. The number of piperidine rings is 2. The second-order valence-electron chi connectivity index (χ2n) is 9.03. The fourth-order valence-electron chi connectivity index (χ4n) is 4.80. The third-order valence-corrected chi connectivity index (χ3v) is 7.75. The summed E-state index contributed by atoms with van der Waals surface area (Å²) in [5.41, 5.74) is 0. The summed E-state index contributed by atoms with van der Waals surface area (Å²) in [6.45, 7) is 6.67. The Balaban J connectivity index is 1.16. The lowest BCUT2D eigenvalue weighted by Crippen LogP contribution is -2.41. The predicted molar refractivity (Wildman–Crippen MR) is 124 cm³/mol. The first-order chi connectivity index (χ1) is 15.2. The number of likely N-dealkylation sites (tertiary alicyclic amines) is 1. The highest BCUT2D eigenvalue weighted by molar-refractivity contribution is 7.19. The number of carbonyl (C=O) groups excluding carboxylic acids is 2. The molecule has 3 aliphatic heterocycles. The molecule has 3 fully saturated rings. The van der Waals surface area contributed by atoms with Crippen LogP contribution in [-0.2, 0) is 9.59 Å². The summed E-state index contributed by atoms with van der Waals surface area (Å²) in [5, 5.41) is 13.3. The van der Waals surface area contributed by atoms with Crippen LogP contribution >= 0.6 is 11.3 Å². The van der Waals surface area contributed by atoms with Crippen molar-refractivity contribution in [3.8, 4) is 0 Å². The number of hydrogen-bond acceptors (Lipinski definition) is 7. The minimum atomic E-state index is 0.0884. The van der Waals surface area contributed by atoms with Crippen LogP contribution in [0.2, 0.25) is 0 Å². The quantitative estimate of drug-likeness (QED) is 0.646. The summed E-state index contributed by atoms with van der Waals surface area (Å²) < 4.78 is 0. The number of carbonyl (C=O) groups is 2. The fourth-order valence-corrected chi connectivity index (χ4v) is 5.75. The van der Waals surface area contributed by atoms with E-state index in [1.54, 1.807) is 4.90 Å². The van der Waals surface area contributed by atoms with Crippen molar-refractivity contribution in [1.82, 2.24) is 20.4 Å². The van der Waals surface area contributed by atoms with Gasteiger partial charge in [0.05, 0.1) is 0 Å². The summed E-state index contributed by atoms with van der Waals surface area (Å²) in [5.74, 6) is 0.443. The van der Waals surface area contributed by atoms with Crippen molar-refractivity contribution in [1.29, 1.82) is 0 Å². The Morgan fingerprint density at radius 3 is 2.39 bits per heavy atom. The molecular weight excluding hydrogens is 412 g/mol. The summed E-state index contributed by atoms with van der Waals surface area (Å²) in [6.07, 6.45) is 10.7. The molecule has 0 aliphatic carbocycles. The van der Waals surface area contributed by atoms with Crippen LogP contribution in [0.4, 0.5) is 10.3 Å². The van der Waals surface area contributed by atoms with Crippen molar-refractivity contribution < 1.29 is 9.59 Å². The van der Waals surface area contributed by atoms with Crippen LogP contribution in [0.25, 0.3) is 0 Å². The molecule has 0 aromatic carbocycles. The van der Waals surface area contributed by atoms with Gasteiger partial charge in [0.2, 0.25) is 22.1 Å². The Morgan fingerprint density at radius 1 is 0.935 bits per heavy atom. The van der Waals surface area contributed by atoms with Crippen LogP contribution in [0.5, 0.6) is 0 Å². The van der Waals surface area contributed by atoms with Gasteiger partial charge in [0.25, 0.3) is 0 Å². The van der Waals surface area contributed by atoms with Crippen molar-refractivity contribution in [2.45, 2.75) is 64.2 Å². The van der Waals surface area contributed by atoms with Gasteiger partial charge >= 0.3 is 0 Å². The first-order valence-corrected chi connectivity index (χ1v) is 12.9. The molecule has 4 rings (SSSR count). The number of rotatable bonds is 7. The van der Waals surface area contributed by atoms with Gasteiger partial charge in [0.1, 0.15) is 0 Å². The number of aromatic nitrogens is 2. The molecule has 0 radical (unpaired) electrons. The number of nitrogens with one attached hydrogen (secondary N) is 1. The minimum Gasteiger partial charge on any atom is -0.356 e. The van der Waals surface area contributed by atoms with Crippen LogP contribution in [0.15, 0.2) is 0 Å². The zero-order valence-electron chi connectivity index (χ0n) is 18.6. The third kappa shape index (κ3) is 6.16. The summed E-state index contributed by atoms with van der Waals surface area (Å²) >= 11 is 1.49. The van der Waals surface area contributed by atoms with Gasteiger partial charge in [-0.25, -0.2) is 0 Å². The molecule has 1 aromatic rings. The summed E-state index contributed by atoms with van der Waals surface area (Å²) in [4.78, 5) is 31.2. The SMILES string of the molecule is O=C(NCCCN1CCCCCC1)C1CCN(c2nnc(N3CCCCC3=O)s2)CC1. The van der Waals surface area contributed by atoms with E-state index >= 15 is 0 Å². The average Bonchev–Trinajstić information content (AvgIpc) is 3.14. The Kier molecular flexibility index (Phi) is 8.13. The summed E-state index contributed by atoms with van der Waals surface area (Å²) in [6, 6.07) is 0. The zero-order valence-corrected chi connectivity index (χ0v) is 19.4. The molecule has 1 aromatic heterocycles. The number of anilines is 2. The Morgan fingerprint density at radius 2 is 1.65 bits per heavy atom. The van der Waals surface area contributed by atoms with E-state index in [9.17, 15) is 9.59 Å². The molecule has 1 N–H and O–H groups in total. The molecule has 2 amide bonds. The number of amides is 2. The number of nitrogens with zero attached hydrogens (tertiary/aromatic N) is 5. The largest absolute Gasteiger partial charge is 0.356 e. The van der Waals surface area contributed by atoms with Crippen LogP contribution in [-0.4, -0.2) is 72.7 Å². The van der Waals surface area contributed by atoms with Crippen LogP contribution in [0.3, 0.4) is 0 Å². The van der Waals surface area contributed by atoms with Crippen molar-refractivity contribution >= 4 is 33.4 Å². The summed E-state index contributed by atoms with van der Waals surface area (Å²) in [7, 11) is 0. The van der Waals surface area contributed by atoms with E-state index < -0.39 is 0 Å². The lowest BCUT2D eigenvalue weighted by atomic mass is 9.96. The van der Waals surface area contributed by atoms with E-state index in [1.165, 1.54) is 50.1 Å². The van der Waals surface area contributed by atoms with Gasteiger partial charge in [0, 0.05) is 38.5 Å². The molecule has 9 heteroatoms. The van der Waals surface area contributed by atoms with Gasteiger partial charge < -0.3 is 15.1 Å². The van der Waals surface area contributed by atoms with Gasteiger partial charge in [-0.05, 0) is 64.6 Å². The molecule has 3 aliphatic rings. The predicted octanol–water partition coefficient (Wildman–Crippen LogP) is 2.65. The molecule has 0 saturated carbocycles. The van der Waals surface area contributed by atoms with E-state index in [4.69, 9.17) is 0 Å². The maximum atomic E-state index is 12.6. The normalized spacial score (nSPS) is 21.9. The van der Waals surface area contributed by atoms with Crippen LogP contribution in [0.1, 0.15) is 64.2 Å². The highest BCUT2D eigenvalue weighted by Gasteiger charge is 2.28. The Hall–Kier alpha value is -1.74. The highest BCUT2D eigenvalue weighted by atomic mass is 32.1. The van der Waals surface area contributed by atoms with E-state index in [1.807, 2.05) is 0 Å². The van der Waals surface area contributed by atoms with E-state index in [2.05, 4.69) is 25.3 Å². The Labute approximate surface area is 189 Å². The lowest BCUT2D eigenvalue weighted by Gasteiger charge is -2.30. The average molecular weight is 449 g/mol. The van der Waals surface area contributed by atoms with Crippen molar-refractivity contribution in [3.63, 3.8) is 0 Å². The van der Waals surface area contributed by atoms with Gasteiger partial charge in [0.15, 0.2) is 0 Å². The second-order valence-corrected chi connectivity index (χ2v) is 9.97. The van der Waals surface area contributed by atoms with Gasteiger partial charge in [-0.2, -0.15) is 0 Å². The molecule has 3 saturated heterocycles. The van der Waals surface area contributed by atoms with Gasteiger partial charge in [-0.15, -0.1) is 10.2 Å². The minimum absolute atomic E-state index is 0.0884. The number of hydrogen-bond donors (Lipinski definition) is 1. The molecule has 172 valence electrons. The van der Waals surface area contributed by atoms with Crippen molar-refractivity contribution in [3.05, 3.63) is 0 Å². The Bertz CT molecular complexity index is 725. The molecular formula is C22H36N6O2S. The fraction of sp³-hybridized carbons (Fsp3) is 0.818. The molecule has 0 unspecified atom stereocenters. The standard InChI is InChI=1S/C22H36N6O2S/c29-19-8-3-6-15-28(19)22-25-24-21(31-22)27-16-9-18(10-17-27)20(30)23-11-7-14-26-12-4-1-2-5-13-26/h18H,1-17H2,(H,23,30). The lowest BCUT2D eigenvalue weighted by molar-refractivity contribution is -0.125. The van der Waals surface area contributed by atoms with E-state index in [0.29, 0.717) is 11.6 Å². The molecule has 31 heavy (non-hydrogen) atoms. The zero-order chi connectivity index (χ0) is 21.5. The van der Waals surface area contributed by atoms with Crippen LogP contribution in [0, 0.1) is 5.92 Å². The van der Waals surface area contributed by atoms with E-state index in [-0.39, 0.29) is 17.7 Å². The van der Waals surface area contributed by atoms with Crippen LogP contribution < -0.4 is 15.1 Å². The molecule has 0 bridgehead atoms.